The molecule has 0 heterocycles. The number of nitro groups is 1. The molecule has 0 unspecified atom stereocenters. The highest BCUT2D eigenvalue weighted by Crippen LogP contribution is 2.34. The maximum atomic E-state index is 13.4. The molecule has 0 fully saturated rings. The van der Waals surface area contributed by atoms with E-state index in [2.05, 4.69) is 5.32 Å². The number of hydrogen-bond donors (Lipinski definition) is 1. The number of nitrogens with one attached hydrogen (secondary N) is 1. The van der Waals surface area contributed by atoms with E-state index in [4.69, 9.17) is 23.2 Å². The van der Waals surface area contributed by atoms with E-state index >= 15 is 0 Å². The predicted molar refractivity (Wildman–Crippen MR) is 108 cm³/mol. The number of carbonyl (C=O) groups is 1. The molecule has 0 bridgehead atoms. The first kappa shape index (κ1) is 21.0. The van der Waals surface area contributed by atoms with Crippen molar-refractivity contribution in [2.24, 2.45) is 0 Å². The third kappa shape index (κ3) is 5.23. The van der Waals surface area contributed by atoms with E-state index in [1.54, 1.807) is 24.3 Å². The molecule has 29 heavy (non-hydrogen) atoms. The fourth-order valence-electron chi connectivity index (χ4n) is 2.35. The van der Waals surface area contributed by atoms with Gasteiger partial charge in [0.05, 0.1) is 15.5 Å². The van der Waals surface area contributed by atoms with Gasteiger partial charge in [0.2, 0.25) is 0 Å². The van der Waals surface area contributed by atoms with Crippen molar-refractivity contribution in [3.8, 4) is 0 Å². The van der Waals surface area contributed by atoms with Gasteiger partial charge >= 0.3 is 0 Å². The molecule has 1 amide bonds. The minimum Gasteiger partial charge on any atom is -0.322 e. The molecule has 0 radical (unpaired) electrons. The van der Waals surface area contributed by atoms with E-state index in [0.717, 1.165) is 11.0 Å². The molecule has 3 rings (SSSR count). The Labute approximate surface area is 177 Å². The number of benzene rings is 3. The first-order chi connectivity index (χ1) is 13.7. The van der Waals surface area contributed by atoms with Crippen LogP contribution in [0.3, 0.4) is 0 Å². The minimum atomic E-state index is -1.24. The maximum absolute atomic E-state index is 13.4. The first-order valence-electron chi connectivity index (χ1n) is 7.92. The number of nitrogens with zero attached hydrogens (tertiary/aromatic N) is 1. The fraction of sp³-hybridized carbons (Fsp3) is 0. The smallest absolute Gasteiger partial charge is 0.272 e. The molecule has 0 aliphatic heterocycles. The number of amides is 1. The highest BCUT2D eigenvalue weighted by molar-refractivity contribution is 7.99. The van der Waals surface area contributed by atoms with E-state index < -0.39 is 22.5 Å². The van der Waals surface area contributed by atoms with Crippen molar-refractivity contribution in [1.82, 2.24) is 0 Å². The zero-order valence-corrected chi connectivity index (χ0v) is 16.6. The Morgan fingerprint density at radius 2 is 1.62 bits per heavy atom. The van der Waals surface area contributed by atoms with Gasteiger partial charge in [-0.15, -0.1) is 0 Å². The van der Waals surface area contributed by atoms with Crippen LogP contribution in [-0.4, -0.2) is 10.8 Å². The predicted octanol–water partition coefficient (Wildman–Crippen LogP) is 6.58. The molecule has 10 heteroatoms. The summed E-state index contributed by atoms with van der Waals surface area (Å²) in [6, 6.07) is 12.2. The van der Waals surface area contributed by atoms with E-state index in [-0.39, 0.29) is 22.0 Å². The van der Waals surface area contributed by atoms with Gasteiger partial charge in [0.15, 0.2) is 11.6 Å². The molecule has 3 aromatic carbocycles. The van der Waals surface area contributed by atoms with Crippen molar-refractivity contribution >= 4 is 52.2 Å². The number of nitro benzene ring substituents is 1. The summed E-state index contributed by atoms with van der Waals surface area (Å²) < 4.78 is 26.6. The summed E-state index contributed by atoms with van der Waals surface area (Å²) in [5, 5.41) is 13.9. The standard InChI is InChI=1S/C19H10Cl2F2N2O3S/c20-10-1-3-13(4-2-10)29-14-6-11(5-12(7-14)25(27)28)24-19(26)15-8-17(22)18(23)9-16(15)21/h1-9H,(H,24,26). The van der Waals surface area contributed by atoms with Gasteiger partial charge in [-0.2, -0.15) is 0 Å². The van der Waals surface area contributed by atoms with E-state index in [1.807, 2.05) is 0 Å². The van der Waals surface area contributed by atoms with Gasteiger partial charge in [-0.25, -0.2) is 8.78 Å². The third-order valence-corrected chi connectivity index (χ3v) is 5.21. The SMILES string of the molecule is O=C(Nc1cc(Sc2ccc(Cl)cc2)cc([N+](=O)[O-])c1)c1cc(F)c(F)cc1Cl. The molecule has 0 saturated carbocycles. The fourth-order valence-corrected chi connectivity index (χ4v) is 3.63. The molecule has 5 nitrogen and oxygen atoms in total. The summed E-state index contributed by atoms with van der Waals surface area (Å²) in [6.45, 7) is 0. The molecular formula is C19H10Cl2F2N2O3S. The third-order valence-electron chi connectivity index (χ3n) is 3.66. The van der Waals surface area contributed by atoms with Crippen LogP contribution in [0.5, 0.6) is 0 Å². The Bertz CT molecular complexity index is 1110. The average molecular weight is 455 g/mol. The molecule has 0 aromatic heterocycles. The quantitative estimate of drug-likeness (QED) is 0.268. The molecule has 0 aliphatic carbocycles. The highest BCUT2D eigenvalue weighted by atomic mass is 35.5. The Morgan fingerprint density at radius 1 is 0.966 bits per heavy atom. The Morgan fingerprint density at radius 3 is 2.28 bits per heavy atom. The van der Waals surface area contributed by atoms with Gasteiger partial charge in [0, 0.05) is 32.6 Å². The Balaban J connectivity index is 1.91. The van der Waals surface area contributed by atoms with Gasteiger partial charge in [0.25, 0.3) is 11.6 Å². The monoisotopic (exact) mass is 454 g/mol. The van der Waals surface area contributed by atoms with E-state index in [9.17, 15) is 23.7 Å². The highest BCUT2D eigenvalue weighted by Gasteiger charge is 2.17. The normalized spacial score (nSPS) is 10.6. The lowest BCUT2D eigenvalue weighted by Crippen LogP contribution is -2.13. The summed E-state index contributed by atoms with van der Waals surface area (Å²) >= 11 is 12.9. The average Bonchev–Trinajstić information content (AvgIpc) is 2.66. The van der Waals surface area contributed by atoms with Crippen LogP contribution >= 0.6 is 35.0 Å². The largest absolute Gasteiger partial charge is 0.322 e. The van der Waals surface area contributed by atoms with Gasteiger partial charge in [-0.1, -0.05) is 35.0 Å². The van der Waals surface area contributed by atoms with Gasteiger partial charge in [-0.3, -0.25) is 14.9 Å². The second kappa shape index (κ2) is 8.77. The number of hydrogen-bond acceptors (Lipinski definition) is 4. The van der Waals surface area contributed by atoms with Crippen LogP contribution < -0.4 is 5.32 Å². The molecule has 148 valence electrons. The van der Waals surface area contributed by atoms with Crippen molar-refractivity contribution in [2.75, 3.05) is 5.32 Å². The first-order valence-corrected chi connectivity index (χ1v) is 9.49. The zero-order chi connectivity index (χ0) is 21.1. The molecule has 0 saturated heterocycles. The summed E-state index contributed by atoms with van der Waals surface area (Å²) in [5.41, 5.74) is -0.457. The lowest BCUT2D eigenvalue weighted by molar-refractivity contribution is -0.385. The van der Waals surface area contributed by atoms with Crippen molar-refractivity contribution in [3.05, 3.63) is 92.0 Å². The van der Waals surface area contributed by atoms with Crippen LogP contribution in [0.15, 0.2) is 64.4 Å². The van der Waals surface area contributed by atoms with E-state index in [1.165, 1.54) is 23.9 Å². The second-order valence-electron chi connectivity index (χ2n) is 5.73. The molecule has 1 N–H and O–H groups in total. The lowest BCUT2D eigenvalue weighted by atomic mass is 10.2. The number of anilines is 1. The minimum absolute atomic E-state index is 0.0986. The Hall–Kier alpha value is -2.68. The van der Waals surface area contributed by atoms with Crippen LogP contribution in [0.1, 0.15) is 10.4 Å². The van der Waals surface area contributed by atoms with Crippen LogP contribution in [0.4, 0.5) is 20.2 Å². The topological polar surface area (TPSA) is 72.2 Å². The summed E-state index contributed by atoms with van der Waals surface area (Å²) in [6.07, 6.45) is 0. The van der Waals surface area contributed by atoms with Crippen molar-refractivity contribution in [3.63, 3.8) is 0 Å². The number of rotatable bonds is 5. The Kier molecular flexibility index (Phi) is 6.36. The maximum Gasteiger partial charge on any atom is 0.272 e. The molecule has 0 atom stereocenters. The van der Waals surface area contributed by atoms with Crippen LogP contribution in [-0.2, 0) is 0 Å². The molecule has 0 spiro atoms. The molecule has 0 aliphatic rings. The number of non-ortho nitro benzene ring substituents is 1. The summed E-state index contributed by atoms with van der Waals surface area (Å²) in [4.78, 5) is 24.3. The second-order valence-corrected chi connectivity index (χ2v) is 7.72. The van der Waals surface area contributed by atoms with Gasteiger partial charge in [0.1, 0.15) is 0 Å². The van der Waals surface area contributed by atoms with Gasteiger partial charge < -0.3 is 5.32 Å². The van der Waals surface area contributed by atoms with Crippen molar-refractivity contribution in [2.45, 2.75) is 9.79 Å². The van der Waals surface area contributed by atoms with Gasteiger partial charge in [-0.05, 0) is 42.5 Å². The molecular weight excluding hydrogens is 445 g/mol. The summed E-state index contributed by atoms with van der Waals surface area (Å²) in [5.74, 6) is -3.27. The zero-order valence-electron chi connectivity index (χ0n) is 14.3. The number of halogens is 4. The summed E-state index contributed by atoms with van der Waals surface area (Å²) in [7, 11) is 0. The molecule has 3 aromatic rings. The van der Waals surface area contributed by atoms with Crippen LogP contribution in [0.2, 0.25) is 10.0 Å². The van der Waals surface area contributed by atoms with Crippen molar-refractivity contribution in [1.29, 1.82) is 0 Å². The lowest BCUT2D eigenvalue weighted by Gasteiger charge is -2.09. The van der Waals surface area contributed by atoms with Crippen LogP contribution in [0.25, 0.3) is 0 Å². The van der Waals surface area contributed by atoms with E-state index in [0.29, 0.717) is 22.1 Å². The van der Waals surface area contributed by atoms with Crippen LogP contribution in [0, 0.1) is 21.7 Å². The number of carbonyl (C=O) groups excluding carboxylic acids is 1. The van der Waals surface area contributed by atoms with Crippen molar-refractivity contribution < 1.29 is 18.5 Å².